The Morgan fingerprint density at radius 2 is 1.15 bits per heavy atom. The molecule has 0 bridgehead atoms. The third kappa shape index (κ3) is 2.79. The van der Waals surface area contributed by atoms with E-state index in [0.717, 1.165) is 22.9 Å². The summed E-state index contributed by atoms with van der Waals surface area (Å²) in [6.07, 6.45) is 0. The molecule has 0 amide bonds. The maximum Gasteiger partial charge on any atom is 0.252 e. The Bertz CT molecular complexity index is 2850. The van der Waals surface area contributed by atoms with E-state index in [1.165, 1.54) is 77.1 Å². The van der Waals surface area contributed by atoms with E-state index in [1.807, 2.05) is 0 Å². The molecular formula is C42H24BN3O. The summed E-state index contributed by atoms with van der Waals surface area (Å²) in [6.45, 7) is 0.0452. The van der Waals surface area contributed by atoms with Gasteiger partial charge in [-0.3, -0.25) is 0 Å². The van der Waals surface area contributed by atoms with Gasteiger partial charge in [-0.15, -0.1) is 0 Å². The smallest absolute Gasteiger partial charge is 0.252 e. The fraction of sp³-hybridized carbons (Fsp3) is 0. The first-order chi connectivity index (χ1) is 23.4. The van der Waals surface area contributed by atoms with Crippen LogP contribution in [0.5, 0.6) is 11.5 Å². The first kappa shape index (κ1) is 24.1. The second-order valence-electron chi connectivity index (χ2n) is 12.9. The van der Waals surface area contributed by atoms with Crippen LogP contribution >= 0.6 is 0 Å². The molecule has 0 aliphatic carbocycles. The first-order valence-corrected chi connectivity index (χ1v) is 16.2. The van der Waals surface area contributed by atoms with Gasteiger partial charge in [0.05, 0.1) is 33.4 Å². The highest BCUT2D eigenvalue weighted by Crippen LogP contribution is 2.52. The van der Waals surface area contributed by atoms with E-state index in [2.05, 4.69) is 160 Å². The Morgan fingerprint density at radius 3 is 2.04 bits per heavy atom. The largest absolute Gasteiger partial charge is 0.453 e. The minimum atomic E-state index is 0.0452. The molecule has 9 aromatic rings. The molecule has 0 radical (unpaired) electrons. The second-order valence-corrected chi connectivity index (χ2v) is 12.9. The van der Waals surface area contributed by atoms with Gasteiger partial charge in [0.25, 0.3) is 6.71 Å². The summed E-state index contributed by atoms with van der Waals surface area (Å²) in [5.41, 5.74) is 14.8. The number of aromatic nitrogens is 2. The molecule has 0 saturated heterocycles. The van der Waals surface area contributed by atoms with Crippen molar-refractivity contribution in [1.82, 2.24) is 9.13 Å². The summed E-state index contributed by atoms with van der Waals surface area (Å²) in [7, 11) is 0. The van der Waals surface area contributed by atoms with Gasteiger partial charge in [-0.1, -0.05) is 91.0 Å². The third-order valence-electron chi connectivity index (χ3n) is 10.6. The maximum absolute atomic E-state index is 6.60. The van der Waals surface area contributed by atoms with Gasteiger partial charge in [-0.2, -0.15) is 0 Å². The van der Waals surface area contributed by atoms with E-state index in [-0.39, 0.29) is 6.71 Å². The Labute approximate surface area is 270 Å². The lowest BCUT2D eigenvalue weighted by Crippen LogP contribution is -2.60. The van der Waals surface area contributed by atoms with Crippen LogP contribution < -0.4 is 26.0 Å². The molecule has 0 atom stereocenters. The molecular weight excluding hydrogens is 573 g/mol. The van der Waals surface area contributed by atoms with Gasteiger partial charge in [0.2, 0.25) is 0 Å². The monoisotopic (exact) mass is 597 g/mol. The summed E-state index contributed by atoms with van der Waals surface area (Å²) >= 11 is 0. The minimum absolute atomic E-state index is 0.0452. The molecule has 0 unspecified atom stereocenters. The molecule has 0 fully saturated rings. The van der Waals surface area contributed by atoms with Crippen molar-refractivity contribution >= 4 is 83.8 Å². The number of rotatable bonds is 1. The molecule has 5 heteroatoms. The molecule has 0 spiro atoms. The van der Waals surface area contributed by atoms with Gasteiger partial charge in [0.1, 0.15) is 0 Å². The molecule has 3 aliphatic heterocycles. The standard InChI is InChI=1S/C42H24BN3O/c1-2-12-25(13-3-1)44-31-17-6-4-14-26(31)28-24-30-42-38(40(28)44)27-15-5-7-18-32(27)45(42)34-20-11-21-35-39(34)43(30)29-16-10-23-37-41(29)46(35)33-19-8-9-22-36(33)47-37/h1-24H. The lowest BCUT2D eigenvalue weighted by atomic mass is 9.33. The number of fused-ring (bicyclic) bond motifs is 13. The van der Waals surface area contributed by atoms with Crippen molar-refractivity contribution in [1.29, 1.82) is 0 Å². The molecule has 0 N–H and O–H groups in total. The lowest BCUT2D eigenvalue weighted by molar-refractivity contribution is 0.477. The van der Waals surface area contributed by atoms with Crippen LogP contribution in [0.15, 0.2) is 146 Å². The van der Waals surface area contributed by atoms with E-state index < -0.39 is 0 Å². The minimum Gasteiger partial charge on any atom is -0.453 e. The van der Waals surface area contributed by atoms with Gasteiger partial charge in [0.15, 0.2) is 11.5 Å². The fourth-order valence-corrected chi connectivity index (χ4v) is 8.97. The second kappa shape index (κ2) is 8.33. The van der Waals surface area contributed by atoms with Crippen molar-refractivity contribution in [3.05, 3.63) is 146 Å². The Kier molecular flexibility index (Phi) is 4.27. The first-order valence-electron chi connectivity index (χ1n) is 16.2. The highest BCUT2D eigenvalue weighted by atomic mass is 16.5. The average molecular weight is 597 g/mol. The summed E-state index contributed by atoms with van der Waals surface area (Å²) in [4.78, 5) is 2.44. The fourth-order valence-electron chi connectivity index (χ4n) is 8.97. The number of hydrogen-bond acceptors (Lipinski definition) is 2. The van der Waals surface area contributed by atoms with Crippen LogP contribution in [0.1, 0.15) is 0 Å². The van der Waals surface area contributed by atoms with E-state index >= 15 is 0 Å². The zero-order chi connectivity index (χ0) is 30.4. The van der Waals surface area contributed by atoms with Crippen LogP contribution in [0.2, 0.25) is 0 Å². The molecule has 7 aromatic carbocycles. The van der Waals surface area contributed by atoms with Crippen molar-refractivity contribution in [2.45, 2.75) is 0 Å². The number of nitrogens with zero attached hydrogens (tertiary/aromatic N) is 3. The SMILES string of the molecule is c1ccc(-n2c3ccccc3c3cc4c5c(c6ccccc6n5-c5cccc6c5B4c4cccc5c4N6c4ccccc4O5)c32)cc1. The van der Waals surface area contributed by atoms with Crippen LogP contribution in [-0.2, 0) is 0 Å². The van der Waals surface area contributed by atoms with Crippen LogP contribution in [0.25, 0.3) is 55.0 Å². The Hall–Kier alpha value is -6.20. The third-order valence-corrected chi connectivity index (χ3v) is 10.6. The van der Waals surface area contributed by atoms with E-state index in [1.54, 1.807) is 0 Å². The van der Waals surface area contributed by atoms with Gasteiger partial charge in [-0.05, 0) is 71.0 Å². The zero-order valence-electron chi connectivity index (χ0n) is 25.2. The van der Waals surface area contributed by atoms with Gasteiger partial charge in [0, 0.05) is 38.6 Å². The van der Waals surface area contributed by atoms with E-state index in [0.29, 0.717) is 0 Å². The molecule has 4 nitrogen and oxygen atoms in total. The average Bonchev–Trinajstić information content (AvgIpc) is 3.65. The number of para-hydroxylation sites is 6. The number of hydrogen-bond donors (Lipinski definition) is 0. The van der Waals surface area contributed by atoms with Gasteiger partial charge in [-0.25, -0.2) is 0 Å². The summed E-state index contributed by atoms with van der Waals surface area (Å²) in [6, 6.07) is 53.0. The number of anilines is 3. The van der Waals surface area contributed by atoms with Crippen LogP contribution in [0.4, 0.5) is 17.1 Å². The Morgan fingerprint density at radius 1 is 0.468 bits per heavy atom. The number of ether oxygens (including phenoxy) is 1. The molecule has 0 saturated carbocycles. The van der Waals surface area contributed by atoms with Crippen molar-refractivity contribution in [2.24, 2.45) is 0 Å². The van der Waals surface area contributed by atoms with Crippen LogP contribution in [-0.4, -0.2) is 15.8 Å². The molecule has 47 heavy (non-hydrogen) atoms. The summed E-state index contributed by atoms with van der Waals surface area (Å²) in [5.74, 6) is 1.79. The molecule has 216 valence electrons. The summed E-state index contributed by atoms with van der Waals surface area (Å²) in [5, 5.41) is 5.13. The zero-order valence-corrected chi connectivity index (χ0v) is 25.2. The quantitative estimate of drug-likeness (QED) is 0.177. The van der Waals surface area contributed by atoms with Crippen molar-refractivity contribution in [2.75, 3.05) is 4.90 Å². The van der Waals surface area contributed by atoms with Crippen molar-refractivity contribution < 1.29 is 4.74 Å². The highest BCUT2D eigenvalue weighted by Gasteiger charge is 2.45. The molecule has 12 rings (SSSR count). The summed E-state index contributed by atoms with van der Waals surface area (Å²) < 4.78 is 11.6. The van der Waals surface area contributed by atoms with E-state index in [4.69, 9.17) is 4.74 Å². The predicted molar refractivity (Wildman–Crippen MR) is 195 cm³/mol. The van der Waals surface area contributed by atoms with Crippen molar-refractivity contribution in [3.63, 3.8) is 0 Å². The normalized spacial score (nSPS) is 13.6. The Balaban J connectivity index is 1.32. The predicted octanol–water partition coefficient (Wildman–Crippen LogP) is 8.60. The van der Waals surface area contributed by atoms with Crippen LogP contribution in [0, 0.1) is 0 Å². The topological polar surface area (TPSA) is 22.3 Å². The number of benzene rings is 7. The molecule has 2 aromatic heterocycles. The van der Waals surface area contributed by atoms with Crippen LogP contribution in [0.3, 0.4) is 0 Å². The molecule has 5 heterocycles. The van der Waals surface area contributed by atoms with Gasteiger partial charge < -0.3 is 18.8 Å². The lowest BCUT2D eigenvalue weighted by Gasteiger charge is -2.43. The molecule has 3 aliphatic rings. The maximum atomic E-state index is 6.60. The van der Waals surface area contributed by atoms with Crippen molar-refractivity contribution in [3.8, 4) is 22.9 Å². The van der Waals surface area contributed by atoms with Gasteiger partial charge >= 0.3 is 0 Å². The van der Waals surface area contributed by atoms with E-state index in [9.17, 15) is 0 Å². The highest BCUT2D eigenvalue weighted by molar-refractivity contribution is 7.00.